The summed E-state index contributed by atoms with van der Waals surface area (Å²) >= 11 is 0. The number of unbranched alkanes of at least 4 members (excludes halogenated alkanes) is 3. The third-order valence-corrected chi connectivity index (χ3v) is 4.97. The maximum atomic E-state index is 11.5. The summed E-state index contributed by atoms with van der Waals surface area (Å²) in [6.07, 6.45) is 7.43. The summed E-state index contributed by atoms with van der Waals surface area (Å²) in [5, 5.41) is 0. The molecule has 0 aliphatic heterocycles. The van der Waals surface area contributed by atoms with Gasteiger partial charge in [0, 0.05) is 14.2 Å². The van der Waals surface area contributed by atoms with E-state index in [2.05, 4.69) is 19.2 Å². The van der Waals surface area contributed by atoms with Gasteiger partial charge in [0.2, 0.25) is 0 Å². The van der Waals surface area contributed by atoms with Crippen LogP contribution in [0, 0.1) is 12.3 Å². The summed E-state index contributed by atoms with van der Waals surface area (Å²) < 4.78 is 52.7. The van der Waals surface area contributed by atoms with Crippen LogP contribution in [0.5, 0.6) is 0 Å². The molecule has 20 heavy (non-hydrogen) atoms. The number of rotatable bonds is 12. The fraction of sp³-hybridized carbons (Fsp3) is 0.818. The first kappa shape index (κ1) is 19.6. The molecule has 0 aliphatic rings. The Hall–Kier alpha value is -0.420. The minimum atomic E-state index is -3.53. The third kappa shape index (κ3) is 9.48. The Labute approximate surface area is 120 Å². The zero-order chi connectivity index (χ0) is 15.5. The topological polar surface area (TPSA) is 88.1 Å². The second kappa shape index (κ2) is 10.3. The lowest BCUT2D eigenvalue weighted by Crippen LogP contribution is -2.10. The van der Waals surface area contributed by atoms with Gasteiger partial charge in [-0.05, 0) is 12.8 Å². The highest BCUT2D eigenvalue weighted by Gasteiger charge is 2.21. The summed E-state index contributed by atoms with van der Waals surface area (Å²) in [6, 6.07) is 0. The Balaban J connectivity index is 3.64. The molecular formula is C11H21O7PS. The molecule has 0 amide bonds. The molecule has 0 aromatic carbocycles. The van der Waals surface area contributed by atoms with Crippen molar-refractivity contribution in [3.63, 3.8) is 0 Å². The third-order valence-electron chi connectivity index (χ3n) is 2.31. The zero-order valence-electron chi connectivity index (χ0n) is 11.7. The van der Waals surface area contributed by atoms with E-state index in [1.807, 2.05) is 0 Å². The van der Waals surface area contributed by atoms with Gasteiger partial charge in [-0.25, -0.2) is 4.57 Å². The maximum absolute atomic E-state index is 11.5. The Kier molecular flexibility index (Phi) is 10.1. The van der Waals surface area contributed by atoms with Crippen LogP contribution in [0.15, 0.2) is 0 Å². The second-order valence-corrected chi connectivity index (χ2v) is 7.43. The normalized spacial score (nSPS) is 12.2. The molecule has 0 radical (unpaired) electrons. The molecule has 0 atom stereocenters. The van der Waals surface area contributed by atoms with Gasteiger partial charge < -0.3 is 0 Å². The van der Waals surface area contributed by atoms with E-state index in [9.17, 15) is 13.0 Å². The standard InChI is InChI=1S/C11H21O7PS/c1-4-9-18-20(13,14)11-8-6-5-7-10-17-19(12,15-2)16-3/h1H,5-11H2,2-3H3. The average molecular weight is 328 g/mol. The van der Waals surface area contributed by atoms with Crippen molar-refractivity contribution in [3.05, 3.63) is 0 Å². The molecule has 0 unspecified atom stereocenters. The Morgan fingerprint density at radius 2 is 1.70 bits per heavy atom. The van der Waals surface area contributed by atoms with Gasteiger partial charge in [0.05, 0.1) is 12.4 Å². The summed E-state index contributed by atoms with van der Waals surface area (Å²) in [5.41, 5.74) is 0. The fourth-order valence-corrected chi connectivity index (χ4v) is 2.91. The lowest BCUT2D eigenvalue weighted by molar-refractivity contribution is 0.150. The van der Waals surface area contributed by atoms with Gasteiger partial charge in [0.15, 0.2) is 0 Å². The minimum absolute atomic E-state index is 0.0653. The summed E-state index contributed by atoms with van der Waals surface area (Å²) in [5.74, 6) is 2.03. The monoisotopic (exact) mass is 328 g/mol. The van der Waals surface area contributed by atoms with Gasteiger partial charge in [-0.2, -0.15) is 8.42 Å². The molecule has 0 heterocycles. The van der Waals surface area contributed by atoms with Crippen LogP contribution in [0.3, 0.4) is 0 Å². The van der Waals surface area contributed by atoms with Crippen LogP contribution in [0.1, 0.15) is 25.7 Å². The lowest BCUT2D eigenvalue weighted by atomic mass is 10.2. The second-order valence-electron chi connectivity index (χ2n) is 3.79. The van der Waals surface area contributed by atoms with Crippen LogP contribution in [0.2, 0.25) is 0 Å². The first-order valence-corrected chi connectivity index (χ1v) is 9.09. The van der Waals surface area contributed by atoms with E-state index in [4.69, 9.17) is 10.9 Å². The predicted molar refractivity (Wildman–Crippen MR) is 74.6 cm³/mol. The van der Waals surface area contributed by atoms with Crippen LogP contribution in [-0.4, -0.2) is 41.6 Å². The molecule has 0 aromatic rings. The molecule has 9 heteroatoms. The highest BCUT2D eigenvalue weighted by molar-refractivity contribution is 7.86. The number of terminal acetylenes is 1. The molecule has 0 rings (SSSR count). The molecule has 0 spiro atoms. The molecule has 0 fully saturated rings. The van der Waals surface area contributed by atoms with Gasteiger partial charge in [0.25, 0.3) is 10.1 Å². The highest BCUT2D eigenvalue weighted by Crippen LogP contribution is 2.47. The van der Waals surface area contributed by atoms with Gasteiger partial charge in [-0.15, -0.1) is 6.42 Å². The van der Waals surface area contributed by atoms with E-state index in [0.717, 1.165) is 6.42 Å². The first-order valence-electron chi connectivity index (χ1n) is 6.06. The summed E-state index contributed by atoms with van der Waals surface area (Å²) in [4.78, 5) is 0. The molecule has 0 bridgehead atoms. The maximum Gasteiger partial charge on any atom is 0.474 e. The van der Waals surface area contributed by atoms with Crippen LogP contribution in [-0.2, 0) is 32.4 Å². The van der Waals surface area contributed by atoms with Crippen molar-refractivity contribution in [2.24, 2.45) is 0 Å². The number of phosphoric acid groups is 1. The van der Waals surface area contributed by atoms with Crippen LogP contribution < -0.4 is 0 Å². The van der Waals surface area contributed by atoms with Crippen molar-refractivity contribution in [1.82, 2.24) is 0 Å². The zero-order valence-corrected chi connectivity index (χ0v) is 13.5. The SMILES string of the molecule is C#CCOS(=O)(=O)CCCCCCOP(=O)(OC)OC. The van der Waals surface area contributed by atoms with Crippen molar-refractivity contribution < 1.29 is 30.7 Å². The van der Waals surface area contributed by atoms with Crippen molar-refractivity contribution in [1.29, 1.82) is 0 Å². The number of hydrogen-bond donors (Lipinski definition) is 0. The molecular weight excluding hydrogens is 307 g/mol. The van der Waals surface area contributed by atoms with Crippen LogP contribution in [0.4, 0.5) is 0 Å². The molecule has 0 aliphatic carbocycles. The van der Waals surface area contributed by atoms with Crippen LogP contribution in [0.25, 0.3) is 0 Å². The molecule has 7 nitrogen and oxygen atoms in total. The molecule has 0 aromatic heterocycles. The number of phosphoric ester groups is 1. The minimum Gasteiger partial charge on any atom is -0.290 e. The molecule has 0 N–H and O–H groups in total. The van der Waals surface area contributed by atoms with Gasteiger partial charge >= 0.3 is 7.82 Å². The Morgan fingerprint density at radius 3 is 2.25 bits per heavy atom. The van der Waals surface area contributed by atoms with E-state index < -0.39 is 17.9 Å². The van der Waals surface area contributed by atoms with E-state index in [-0.39, 0.29) is 19.0 Å². The van der Waals surface area contributed by atoms with E-state index >= 15 is 0 Å². The van der Waals surface area contributed by atoms with Crippen molar-refractivity contribution in [3.8, 4) is 12.3 Å². The van der Waals surface area contributed by atoms with Crippen molar-refractivity contribution >= 4 is 17.9 Å². The van der Waals surface area contributed by atoms with E-state index in [1.54, 1.807) is 0 Å². The van der Waals surface area contributed by atoms with Gasteiger partial charge in [-0.3, -0.25) is 17.8 Å². The molecule has 0 saturated heterocycles. The Morgan fingerprint density at radius 1 is 1.10 bits per heavy atom. The molecule has 118 valence electrons. The smallest absolute Gasteiger partial charge is 0.290 e. The Bertz CT molecular complexity index is 432. The van der Waals surface area contributed by atoms with E-state index in [0.29, 0.717) is 19.3 Å². The molecule has 0 saturated carbocycles. The van der Waals surface area contributed by atoms with Crippen molar-refractivity contribution in [2.45, 2.75) is 25.7 Å². The summed E-state index contributed by atoms with van der Waals surface area (Å²) in [6.45, 7) is -0.0151. The largest absolute Gasteiger partial charge is 0.474 e. The highest BCUT2D eigenvalue weighted by atomic mass is 32.2. The van der Waals surface area contributed by atoms with Crippen LogP contribution >= 0.6 is 7.82 Å². The predicted octanol–water partition coefficient (Wildman–Crippen LogP) is 1.94. The van der Waals surface area contributed by atoms with Crippen molar-refractivity contribution in [2.75, 3.05) is 33.2 Å². The lowest BCUT2D eigenvalue weighted by Gasteiger charge is -2.12. The number of hydrogen-bond acceptors (Lipinski definition) is 7. The van der Waals surface area contributed by atoms with Gasteiger partial charge in [-0.1, -0.05) is 18.8 Å². The first-order chi connectivity index (χ1) is 9.39. The summed E-state index contributed by atoms with van der Waals surface area (Å²) in [7, 11) is -4.45. The van der Waals surface area contributed by atoms with Gasteiger partial charge in [0.1, 0.15) is 6.61 Å². The quantitative estimate of drug-likeness (QED) is 0.234. The van der Waals surface area contributed by atoms with E-state index in [1.165, 1.54) is 14.2 Å². The average Bonchev–Trinajstić information content (AvgIpc) is 2.43. The fourth-order valence-electron chi connectivity index (χ4n) is 1.27.